The summed E-state index contributed by atoms with van der Waals surface area (Å²) in [5.41, 5.74) is 2.22. The minimum absolute atomic E-state index is 0.341. The third kappa shape index (κ3) is 4.93. The average Bonchev–Trinajstić information content (AvgIpc) is 2.52. The molecule has 0 amide bonds. The number of benzene rings is 1. The Hall–Kier alpha value is -2.67. The molecule has 0 bridgehead atoms. The van der Waals surface area contributed by atoms with Crippen molar-refractivity contribution in [2.45, 2.75) is 32.8 Å². The zero-order chi connectivity index (χ0) is 16.9. The number of nitriles is 1. The van der Waals surface area contributed by atoms with Gasteiger partial charge in [0.05, 0.1) is 11.8 Å². The van der Waals surface area contributed by atoms with Gasteiger partial charge < -0.3 is 4.74 Å². The number of carbonyl (C=O) groups excluding carboxylic acids is 1. The lowest BCUT2D eigenvalue weighted by molar-refractivity contribution is -0.157. The number of aromatic nitrogens is 1. The molecular weight excluding hydrogens is 288 g/mol. The van der Waals surface area contributed by atoms with Crippen LogP contribution in [0.2, 0.25) is 0 Å². The van der Waals surface area contributed by atoms with Gasteiger partial charge in [0, 0.05) is 11.8 Å². The molecule has 23 heavy (non-hydrogen) atoms. The SMILES string of the molecule is CC(C)(C)OC(=O)C(C#N)Cc1ccc(-c2ccccn2)cc1. The number of esters is 1. The summed E-state index contributed by atoms with van der Waals surface area (Å²) in [5, 5.41) is 9.23. The second-order valence-corrected chi connectivity index (χ2v) is 6.33. The van der Waals surface area contributed by atoms with Crippen LogP contribution in [0.4, 0.5) is 0 Å². The molecule has 2 rings (SSSR count). The van der Waals surface area contributed by atoms with Crippen molar-refractivity contribution in [2.75, 3.05) is 0 Å². The Balaban J connectivity index is 2.08. The van der Waals surface area contributed by atoms with Crippen LogP contribution in [-0.4, -0.2) is 16.6 Å². The molecule has 1 aromatic heterocycles. The van der Waals surface area contributed by atoms with Gasteiger partial charge in [0.1, 0.15) is 11.5 Å². The Kier molecular flexibility index (Phi) is 5.13. The first-order valence-corrected chi connectivity index (χ1v) is 7.52. The lowest BCUT2D eigenvalue weighted by atomic mass is 9.99. The fourth-order valence-electron chi connectivity index (χ4n) is 2.14. The molecule has 4 nitrogen and oxygen atoms in total. The first kappa shape index (κ1) is 16.7. The lowest BCUT2D eigenvalue weighted by Crippen LogP contribution is -2.29. The Morgan fingerprint density at radius 1 is 1.22 bits per heavy atom. The molecule has 1 unspecified atom stereocenters. The van der Waals surface area contributed by atoms with E-state index in [4.69, 9.17) is 4.74 Å². The molecule has 1 heterocycles. The monoisotopic (exact) mass is 308 g/mol. The zero-order valence-corrected chi connectivity index (χ0v) is 13.6. The second-order valence-electron chi connectivity index (χ2n) is 6.33. The van der Waals surface area contributed by atoms with Gasteiger partial charge in [-0.05, 0) is 44.9 Å². The van der Waals surface area contributed by atoms with Crippen LogP contribution in [0.3, 0.4) is 0 Å². The third-order valence-electron chi connectivity index (χ3n) is 3.20. The fourth-order valence-corrected chi connectivity index (χ4v) is 2.14. The molecule has 4 heteroatoms. The number of ether oxygens (including phenoxy) is 1. The molecule has 118 valence electrons. The van der Waals surface area contributed by atoms with Crippen molar-refractivity contribution in [3.8, 4) is 17.3 Å². The third-order valence-corrected chi connectivity index (χ3v) is 3.20. The van der Waals surface area contributed by atoms with Gasteiger partial charge in [-0.1, -0.05) is 30.3 Å². The van der Waals surface area contributed by atoms with Gasteiger partial charge in [-0.15, -0.1) is 0 Å². The van der Waals surface area contributed by atoms with Gasteiger partial charge in [-0.2, -0.15) is 5.26 Å². The first-order valence-electron chi connectivity index (χ1n) is 7.52. The van der Waals surface area contributed by atoms with Crippen molar-refractivity contribution in [2.24, 2.45) is 5.92 Å². The topological polar surface area (TPSA) is 63.0 Å². The van der Waals surface area contributed by atoms with Gasteiger partial charge in [0.15, 0.2) is 0 Å². The standard InChI is InChI=1S/C19H20N2O2/c1-19(2,3)23-18(22)16(13-20)12-14-7-9-15(10-8-14)17-6-4-5-11-21-17/h4-11,16H,12H2,1-3H3. The fraction of sp³-hybridized carbons (Fsp3) is 0.316. The van der Waals surface area contributed by atoms with E-state index in [0.717, 1.165) is 16.8 Å². The Morgan fingerprint density at radius 3 is 2.43 bits per heavy atom. The van der Waals surface area contributed by atoms with Crippen molar-refractivity contribution in [1.82, 2.24) is 4.98 Å². The van der Waals surface area contributed by atoms with E-state index in [-0.39, 0.29) is 0 Å². The molecule has 2 aromatic rings. The van der Waals surface area contributed by atoms with Gasteiger partial charge in [-0.3, -0.25) is 9.78 Å². The molecular formula is C19H20N2O2. The molecule has 1 atom stereocenters. The molecule has 0 aliphatic heterocycles. The summed E-state index contributed by atoms with van der Waals surface area (Å²) in [6.07, 6.45) is 2.09. The molecule has 0 saturated heterocycles. The number of carbonyl (C=O) groups is 1. The van der Waals surface area contributed by atoms with Gasteiger partial charge in [0.25, 0.3) is 0 Å². The van der Waals surface area contributed by atoms with Crippen LogP contribution in [0, 0.1) is 17.2 Å². The molecule has 0 N–H and O–H groups in total. The van der Waals surface area contributed by atoms with Crippen LogP contribution in [0.25, 0.3) is 11.3 Å². The molecule has 0 aliphatic carbocycles. The lowest BCUT2D eigenvalue weighted by Gasteiger charge is -2.21. The van der Waals surface area contributed by atoms with Crippen LogP contribution in [0.5, 0.6) is 0 Å². The summed E-state index contributed by atoms with van der Waals surface area (Å²) in [6, 6.07) is 15.5. The molecule has 1 aromatic carbocycles. The van der Waals surface area contributed by atoms with E-state index >= 15 is 0 Å². The van der Waals surface area contributed by atoms with Crippen LogP contribution < -0.4 is 0 Å². The zero-order valence-electron chi connectivity index (χ0n) is 13.6. The molecule has 0 aliphatic rings. The Bertz CT molecular complexity index is 695. The normalized spacial score (nSPS) is 12.3. The van der Waals surface area contributed by atoms with Crippen LogP contribution in [-0.2, 0) is 16.0 Å². The molecule has 0 spiro atoms. The Labute approximate surface area is 136 Å². The quantitative estimate of drug-likeness (QED) is 0.806. The average molecular weight is 308 g/mol. The molecule has 0 radical (unpaired) electrons. The number of pyridine rings is 1. The van der Waals surface area contributed by atoms with E-state index in [9.17, 15) is 10.1 Å². The van der Waals surface area contributed by atoms with Crippen molar-refractivity contribution < 1.29 is 9.53 Å². The van der Waals surface area contributed by atoms with Gasteiger partial charge in [0.2, 0.25) is 0 Å². The van der Waals surface area contributed by atoms with Gasteiger partial charge >= 0.3 is 5.97 Å². The Morgan fingerprint density at radius 2 is 1.91 bits per heavy atom. The molecule has 0 saturated carbocycles. The second kappa shape index (κ2) is 7.06. The van der Waals surface area contributed by atoms with Crippen molar-refractivity contribution in [3.63, 3.8) is 0 Å². The summed E-state index contributed by atoms with van der Waals surface area (Å²) >= 11 is 0. The van der Waals surface area contributed by atoms with E-state index in [2.05, 4.69) is 4.98 Å². The maximum absolute atomic E-state index is 12.0. The first-order chi connectivity index (χ1) is 10.9. The number of hydrogen-bond acceptors (Lipinski definition) is 4. The van der Waals surface area contributed by atoms with Crippen LogP contribution in [0.15, 0.2) is 48.7 Å². The highest BCUT2D eigenvalue weighted by Gasteiger charge is 2.25. The smallest absolute Gasteiger partial charge is 0.324 e. The van der Waals surface area contributed by atoms with Crippen molar-refractivity contribution in [1.29, 1.82) is 5.26 Å². The van der Waals surface area contributed by atoms with E-state index in [0.29, 0.717) is 6.42 Å². The minimum Gasteiger partial charge on any atom is -0.459 e. The maximum atomic E-state index is 12.0. The van der Waals surface area contributed by atoms with E-state index in [1.54, 1.807) is 27.0 Å². The molecule has 0 fully saturated rings. The van der Waals surface area contributed by atoms with Crippen molar-refractivity contribution >= 4 is 5.97 Å². The van der Waals surface area contributed by atoms with E-state index in [1.165, 1.54) is 0 Å². The highest BCUT2D eigenvalue weighted by Crippen LogP contribution is 2.19. The summed E-state index contributed by atoms with van der Waals surface area (Å²) < 4.78 is 5.28. The highest BCUT2D eigenvalue weighted by atomic mass is 16.6. The summed E-state index contributed by atoms with van der Waals surface area (Å²) in [7, 11) is 0. The van der Waals surface area contributed by atoms with Crippen molar-refractivity contribution in [3.05, 3.63) is 54.2 Å². The largest absolute Gasteiger partial charge is 0.459 e. The predicted molar refractivity (Wildman–Crippen MR) is 88.3 cm³/mol. The minimum atomic E-state index is -0.796. The van der Waals surface area contributed by atoms with Gasteiger partial charge in [-0.25, -0.2) is 0 Å². The maximum Gasteiger partial charge on any atom is 0.324 e. The van der Waals surface area contributed by atoms with E-state index < -0.39 is 17.5 Å². The van der Waals surface area contributed by atoms with E-state index in [1.807, 2.05) is 48.5 Å². The number of rotatable bonds is 4. The summed E-state index contributed by atoms with van der Waals surface area (Å²) in [4.78, 5) is 16.3. The number of hydrogen-bond donors (Lipinski definition) is 0. The van der Waals surface area contributed by atoms with Crippen LogP contribution in [0.1, 0.15) is 26.3 Å². The number of nitrogens with zero attached hydrogens (tertiary/aromatic N) is 2. The summed E-state index contributed by atoms with van der Waals surface area (Å²) in [6.45, 7) is 5.38. The highest BCUT2D eigenvalue weighted by molar-refractivity contribution is 5.76. The predicted octanol–water partition coefficient (Wildman–Crippen LogP) is 3.77. The van der Waals surface area contributed by atoms with Crippen LogP contribution >= 0.6 is 0 Å². The summed E-state index contributed by atoms with van der Waals surface area (Å²) in [5.74, 6) is -1.27.